The Morgan fingerprint density at radius 3 is 2.37 bits per heavy atom. The topological polar surface area (TPSA) is 131 Å². The number of benzene rings is 2. The van der Waals surface area contributed by atoms with Crippen LogP contribution in [0.4, 0.5) is 0 Å². The minimum Gasteiger partial charge on any atom is -0.462 e. The van der Waals surface area contributed by atoms with Gasteiger partial charge in [0.2, 0.25) is 0 Å². The number of amides is 1. The Morgan fingerprint density at radius 2 is 1.77 bits per heavy atom. The third-order valence-electron chi connectivity index (χ3n) is 5.18. The van der Waals surface area contributed by atoms with E-state index >= 15 is 0 Å². The van der Waals surface area contributed by atoms with Gasteiger partial charge in [0.15, 0.2) is 0 Å². The molecule has 1 amide bonds. The molecule has 0 aliphatic rings. The van der Waals surface area contributed by atoms with Gasteiger partial charge in [-0.2, -0.15) is 5.10 Å². The summed E-state index contributed by atoms with van der Waals surface area (Å²) in [7, 11) is 1.51. The molecule has 0 radical (unpaired) electrons. The molecule has 2 aromatic carbocycles. The van der Waals surface area contributed by atoms with Gasteiger partial charge in [-0.05, 0) is 23.3 Å². The van der Waals surface area contributed by atoms with E-state index in [9.17, 15) is 19.5 Å². The number of hydrogen-bond acceptors (Lipinski definition) is 7. The number of rotatable bonds is 9. The van der Waals surface area contributed by atoms with E-state index in [0.717, 1.165) is 0 Å². The summed E-state index contributed by atoms with van der Waals surface area (Å²) >= 11 is 12.2. The van der Waals surface area contributed by atoms with Crippen molar-refractivity contribution >= 4 is 35.1 Å². The SMILES string of the molecule is Cn1ncc(CO)c(-c2ccc(C[C@H](NC(=O)c3c(Cl)cccc3Cl)C(=O)OCCO)cc2)c1=O. The first-order valence-electron chi connectivity index (χ1n) is 10.5. The number of aliphatic hydroxyl groups is 2. The fraction of sp³-hybridized carbons (Fsp3) is 0.250. The average molecular weight is 520 g/mol. The van der Waals surface area contributed by atoms with Crippen molar-refractivity contribution in [3.8, 4) is 11.1 Å². The van der Waals surface area contributed by atoms with Crippen LogP contribution in [0.5, 0.6) is 0 Å². The van der Waals surface area contributed by atoms with Gasteiger partial charge in [-0.3, -0.25) is 9.59 Å². The average Bonchev–Trinajstić information content (AvgIpc) is 2.84. The molecule has 1 aromatic heterocycles. The van der Waals surface area contributed by atoms with Crippen LogP contribution in [0.2, 0.25) is 10.0 Å². The highest BCUT2D eigenvalue weighted by molar-refractivity contribution is 6.39. The standard InChI is InChI=1S/C24H23Cl2N3O6/c1-29-23(33)20(16(13-31)12-27-29)15-7-5-14(6-8-15)11-19(24(34)35-10-9-30)28-22(32)21-17(25)3-2-4-18(21)26/h2-8,12,19,30-31H,9-11,13H2,1H3,(H,28,32)/t19-/m0/s1. The number of carbonyl (C=O) groups is 2. The van der Waals surface area contributed by atoms with Crippen LogP contribution in [0.15, 0.2) is 53.5 Å². The summed E-state index contributed by atoms with van der Waals surface area (Å²) in [4.78, 5) is 38.0. The van der Waals surface area contributed by atoms with Crippen molar-refractivity contribution in [2.24, 2.45) is 7.05 Å². The number of ether oxygens (including phenoxy) is 1. The highest BCUT2D eigenvalue weighted by Crippen LogP contribution is 2.25. The van der Waals surface area contributed by atoms with E-state index in [0.29, 0.717) is 22.3 Å². The van der Waals surface area contributed by atoms with Gasteiger partial charge in [0.1, 0.15) is 12.6 Å². The van der Waals surface area contributed by atoms with Crippen molar-refractivity contribution in [3.05, 3.63) is 85.8 Å². The Labute approximate surface area is 210 Å². The minimum absolute atomic E-state index is 0.0243. The van der Waals surface area contributed by atoms with Crippen LogP contribution >= 0.6 is 23.2 Å². The molecule has 9 nitrogen and oxygen atoms in total. The summed E-state index contributed by atoms with van der Waals surface area (Å²) in [5.74, 6) is -1.40. The second-order valence-corrected chi connectivity index (χ2v) is 8.36. The number of carbonyl (C=O) groups excluding carboxylic acids is 2. The van der Waals surface area contributed by atoms with Gasteiger partial charge in [0.25, 0.3) is 11.5 Å². The monoisotopic (exact) mass is 519 g/mol. The third-order valence-corrected chi connectivity index (χ3v) is 5.81. The molecule has 0 bridgehead atoms. The summed E-state index contributed by atoms with van der Waals surface area (Å²) in [6.07, 6.45) is 1.48. The van der Waals surface area contributed by atoms with E-state index < -0.39 is 17.9 Å². The summed E-state index contributed by atoms with van der Waals surface area (Å²) in [5, 5.41) is 25.4. The number of aliphatic hydroxyl groups excluding tert-OH is 2. The van der Waals surface area contributed by atoms with Crippen LogP contribution in [0.1, 0.15) is 21.5 Å². The lowest BCUT2D eigenvalue weighted by Crippen LogP contribution is -2.43. The highest BCUT2D eigenvalue weighted by Gasteiger charge is 2.25. The molecule has 0 unspecified atom stereocenters. The smallest absolute Gasteiger partial charge is 0.329 e. The van der Waals surface area contributed by atoms with Crippen molar-refractivity contribution < 1.29 is 24.5 Å². The van der Waals surface area contributed by atoms with E-state index in [-0.39, 0.29) is 47.4 Å². The van der Waals surface area contributed by atoms with E-state index in [1.165, 1.54) is 30.1 Å². The highest BCUT2D eigenvalue weighted by atomic mass is 35.5. The summed E-state index contributed by atoms with van der Waals surface area (Å²) in [6, 6.07) is 10.2. The maximum absolute atomic E-state index is 12.8. The predicted octanol–water partition coefficient (Wildman–Crippen LogP) is 2.12. The molecule has 35 heavy (non-hydrogen) atoms. The first-order valence-corrected chi connectivity index (χ1v) is 11.3. The second-order valence-electron chi connectivity index (χ2n) is 7.55. The zero-order valence-corrected chi connectivity index (χ0v) is 20.2. The van der Waals surface area contributed by atoms with Crippen LogP contribution in [0.25, 0.3) is 11.1 Å². The van der Waals surface area contributed by atoms with Gasteiger partial charge >= 0.3 is 5.97 Å². The fourth-order valence-electron chi connectivity index (χ4n) is 3.43. The van der Waals surface area contributed by atoms with Crippen molar-refractivity contribution in [3.63, 3.8) is 0 Å². The van der Waals surface area contributed by atoms with Gasteiger partial charge in [-0.25, -0.2) is 9.48 Å². The molecule has 184 valence electrons. The number of nitrogens with one attached hydrogen (secondary N) is 1. The molecule has 11 heteroatoms. The summed E-state index contributed by atoms with van der Waals surface area (Å²) < 4.78 is 6.20. The molecule has 0 aliphatic carbocycles. The number of aromatic nitrogens is 2. The van der Waals surface area contributed by atoms with Crippen LogP contribution in [0, 0.1) is 0 Å². The molecular formula is C24H23Cl2N3O6. The van der Waals surface area contributed by atoms with Crippen molar-refractivity contribution in [2.75, 3.05) is 13.2 Å². The molecule has 1 atom stereocenters. The molecule has 3 aromatic rings. The van der Waals surface area contributed by atoms with Gasteiger partial charge < -0.3 is 20.3 Å². The largest absolute Gasteiger partial charge is 0.462 e. The Balaban J connectivity index is 1.87. The zero-order chi connectivity index (χ0) is 25.5. The lowest BCUT2D eigenvalue weighted by atomic mass is 9.99. The van der Waals surface area contributed by atoms with Gasteiger partial charge in [-0.15, -0.1) is 0 Å². The normalized spacial score (nSPS) is 11.7. The maximum atomic E-state index is 12.8. The van der Waals surface area contributed by atoms with Gasteiger partial charge in [0.05, 0.1) is 40.6 Å². The van der Waals surface area contributed by atoms with E-state index in [2.05, 4.69) is 10.4 Å². The molecular weight excluding hydrogens is 497 g/mol. The lowest BCUT2D eigenvalue weighted by molar-refractivity contribution is -0.146. The number of hydrogen-bond donors (Lipinski definition) is 3. The van der Waals surface area contributed by atoms with Gasteiger partial charge in [0, 0.05) is 19.0 Å². The molecule has 1 heterocycles. The fourth-order valence-corrected chi connectivity index (χ4v) is 4.00. The third kappa shape index (κ3) is 6.26. The van der Waals surface area contributed by atoms with Crippen LogP contribution in [-0.2, 0) is 29.6 Å². The van der Waals surface area contributed by atoms with Crippen molar-refractivity contribution in [1.82, 2.24) is 15.1 Å². The maximum Gasteiger partial charge on any atom is 0.329 e. The van der Waals surface area contributed by atoms with Crippen LogP contribution in [0.3, 0.4) is 0 Å². The first-order chi connectivity index (χ1) is 16.8. The zero-order valence-electron chi connectivity index (χ0n) is 18.7. The number of halogens is 2. The Bertz CT molecular complexity index is 1260. The van der Waals surface area contributed by atoms with Crippen molar-refractivity contribution in [2.45, 2.75) is 19.1 Å². The van der Waals surface area contributed by atoms with Crippen molar-refractivity contribution in [1.29, 1.82) is 0 Å². The number of aryl methyl sites for hydroxylation is 1. The Hall–Kier alpha value is -3.24. The predicted molar refractivity (Wildman–Crippen MR) is 130 cm³/mol. The van der Waals surface area contributed by atoms with E-state index in [1.54, 1.807) is 30.3 Å². The quantitative estimate of drug-likeness (QED) is 0.369. The summed E-state index contributed by atoms with van der Waals surface area (Å²) in [6.45, 7) is -0.951. The summed E-state index contributed by atoms with van der Waals surface area (Å²) in [5.41, 5.74) is 1.58. The van der Waals surface area contributed by atoms with Crippen LogP contribution < -0.4 is 10.9 Å². The molecule has 3 rings (SSSR count). The van der Waals surface area contributed by atoms with Crippen LogP contribution in [-0.4, -0.2) is 51.1 Å². The number of esters is 1. The first kappa shape index (κ1) is 26.4. The molecule has 0 aliphatic heterocycles. The lowest BCUT2D eigenvalue weighted by Gasteiger charge is -2.19. The van der Waals surface area contributed by atoms with E-state index in [4.69, 9.17) is 33.0 Å². The Kier molecular flexibility index (Phi) is 9.00. The van der Waals surface area contributed by atoms with Gasteiger partial charge in [-0.1, -0.05) is 53.5 Å². The molecule has 3 N–H and O–H groups in total. The molecule has 0 fully saturated rings. The second kappa shape index (κ2) is 11.9. The number of nitrogens with zero attached hydrogens (tertiary/aromatic N) is 2. The van der Waals surface area contributed by atoms with E-state index in [1.807, 2.05) is 0 Å². The Morgan fingerprint density at radius 1 is 1.11 bits per heavy atom. The minimum atomic E-state index is -1.10. The molecule has 0 saturated carbocycles. The molecule has 0 spiro atoms. The molecule has 0 saturated heterocycles.